The lowest BCUT2D eigenvalue weighted by Crippen LogP contribution is -2.25. The summed E-state index contributed by atoms with van der Waals surface area (Å²) in [5, 5.41) is 5.96. The number of nitrogens with two attached hydrogens (primary N) is 1. The van der Waals surface area contributed by atoms with Crippen LogP contribution in [0.3, 0.4) is 0 Å². The van der Waals surface area contributed by atoms with E-state index in [9.17, 15) is 4.79 Å². The molecule has 0 aliphatic heterocycles. The Kier molecular flexibility index (Phi) is 3.66. The number of fused-ring (bicyclic) bond motifs is 1. The number of hydrogen-bond donors (Lipinski definition) is 2. The van der Waals surface area contributed by atoms with Gasteiger partial charge >= 0.3 is 6.03 Å². The predicted molar refractivity (Wildman–Crippen MR) is 75.4 cm³/mol. The van der Waals surface area contributed by atoms with E-state index >= 15 is 0 Å². The van der Waals surface area contributed by atoms with Crippen LogP contribution in [-0.2, 0) is 0 Å². The molecule has 0 saturated heterocycles. The Hall–Kier alpha value is -2.56. The van der Waals surface area contributed by atoms with E-state index in [1.165, 1.54) is 0 Å². The molecule has 0 atom stereocenters. The fourth-order valence-corrected chi connectivity index (χ4v) is 1.96. The molecule has 2 rings (SSSR count). The molecule has 0 unspecified atom stereocenters. The highest BCUT2D eigenvalue weighted by Gasteiger charge is 2.08. The fourth-order valence-electron chi connectivity index (χ4n) is 1.96. The average Bonchev–Trinajstić information content (AvgIpc) is 2.43. The van der Waals surface area contributed by atoms with Crippen LogP contribution in [-0.4, -0.2) is 18.9 Å². The van der Waals surface area contributed by atoms with E-state index in [0.717, 1.165) is 22.1 Å². The van der Waals surface area contributed by atoms with E-state index in [2.05, 4.69) is 10.5 Å². The van der Waals surface area contributed by atoms with Gasteiger partial charge in [-0.25, -0.2) is 10.2 Å². The first-order valence-corrected chi connectivity index (χ1v) is 5.79. The van der Waals surface area contributed by atoms with E-state index < -0.39 is 6.03 Å². The number of primary amides is 1. The zero-order valence-corrected chi connectivity index (χ0v) is 10.8. The number of carbonyl (C=O) groups excluding carboxylic acids is 1. The maximum absolute atomic E-state index is 10.7. The third kappa shape index (κ3) is 2.65. The Morgan fingerprint density at radius 1 is 1.21 bits per heavy atom. The Morgan fingerprint density at radius 3 is 2.53 bits per heavy atom. The lowest BCUT2D eigenvalue weighted by Gasteiger charge is -2.10. The number of rotatable bonds is 3. The molecule has 2 aromatic rings. The van der Waals surface area contributed by atoms with Crippen LogP contribution in [0.1, 0.15) is 12.5 Å². The van der Waals surface area contributed by atoms with Crippen molar-refractivity contribution in [3.05, 3.63) is 42.0 Å². The number of urea groups is 1. The summed E-state index contributed by atoms with van der Waals surface area (Å²) in [6.07, 6.45) is 0. The molecule has 0 radical (unpaired) electrons. The lowest BCUT2D eigenvalue weighted by molar-refractivity contribution is 0.249. The van der Waals surface area contributed by atoms with E-state index in [0.29, 0.717) is 5.71 Å². The van der Waals surface area contributed by atoms with Gasteiger partial charge in [0, 0.05) is 10.9 Å². The third-order valence-electron chi connectivity index (χ3n) is 2.83. The molecule has 98 valence electrons. The Balaban J connectivity index is 2.56. The van der Waals surface area contributed by atoms with Crippen molar-refractivity contribution in [3.63, 3.8) is 0 Å². The van der Waals surface area contributed by atoms with Gasteiger partial charge in [0.25, 0.3) is 0 Å². The summed E-state index contributed by atoms with van der Waals surface area (Å²) in [4.78, 5) is 10.7. The zero-order chi connectivity index (χ0) is 13.8. The first-order chi connectivity index (χ1) is 9.13. The van der Waals surface area contributed by atoms with Crippen molar-refractivity contribution in [3.8, 4) is 5.75 Å². The van der Waals surface area contributed by atoms with Gasteiger partial charge in [-0.1, -0.05) is 24.3 Å². The molecule has 0 aromatic heterocycles. The number of hydrogen-bond acceptors (Lipinski definition) is 3. The Bertz CT molecular complexity index is 650. The Morgan fingerprint density at radius 2 is 1.89 bits per heavy atom. The first kappa shape index (κ1) is 12.9. The Labute approximate surface area is 111 Å². The van der Waals surface area contributed by atoms with Crippen LogP contribution < -0.4 is 15.9 Å². The van der Waals surface area contributed by atoms with Gasteiger partial charge in [-0.15, -0.1) is 0 Å². The SMILES string of the molecule is COc1ccc(/C(C)=N\NC(N)=O)c2ccccc12. The second kappa shape index (κ2) is 5.39. The number of carbonyl (C=O) groups is 1. The molecule has 0 heterocycles. The largest absolute Gasteiger partial charge is 0.496 e. The summed E-state index contributed by atoms with van der Waals surface area (Å²) in [5.41, 5.74) is 8.83. The van der Waals surface area contributed by atoms with Crippen LogP contribution in [0.4, 0.5) is 4.79 Å². The minimum absolute atomic E-state index is 0.678. The topological polar surface area (TPSA) is 76.7 Å². The standard InChI is InChI=1S/C14H15N3O2/c1-9(16-17-14(15)18)10-7-8-13(19-2)12-6-4-3-5-11(10)12/h3-8H,1-2H3,(H3,15,17,18)/b16-9-. The second-order valence-corrected chi connectivity index (χ2v) is 4.03. The molecule has 0 fully saturated rings. The molecule has 2 aromatic carbocycles. The molecule has 0 bridgehead atoms. The van der Waals surface area contributed by atoms with Crippen LogP contribution in [0.25, 0.3) is 10.8 Å². The maximum Gasteiger partial charge on any atom is 0.332 e. The first-order valence-electron chi connectivity index (χ1n) is 5.79. The third-order valence-corrected chi connectivity index (χ3v) is 2.83. The molecule has 19 heavy (non-hydrogen) atoms. The minimum Gasteiger partial charge on any atom is -0.496 e. The maximum atomic E-state index is 10.7. The van der Waals surface area contributed by atoms with Crippen molar-refractivity contribution in [1.29, 1.82) is 0 Å². The van der Waals surface area contributed by atoms with Crippen molar-refractivity contribution in [2.24, 2.45) is 10.8 Å². The molecular weight excluding hydrogens is 242 g/mol. The number of nitrogens with one attached hydrogen (secondary N) is 1. The molecule has 2 amide bonds. The average molecular weight is 257 g/mol. The number of amides is 2. The van der Waals surface area contributed by atoms with Gasteiger partial charge in [0.2, 0.25) is 0 Å². The molecular formula is C14H15N3O2. The van der Waals surface area contributed by atoms with E-state index in [4.69, 9.17) is 10.5 Å². The van der Waals surface area contributed by atoms with Crippen molar-refractivity contribution in [1.82, 2.24) is 5.43 Å². The quantitative estimate of drug-likeness (QED) is 0.653. The number of nitrogens with zero attached hydrogens (tertiary/aromatic N) is 1. The number of benzene rings is 2. The van der Waals surface area contributed by atoms with E-state index in [1.54, 1.807) is 7.11 Å². The predicted octanol–water partition coefficient (Wildman–Crippen LogP) is 2.24. The van der Waals surface area contributed by atoms with Crippen LogP contribution in [0.15, 0.2) is 41.5 Å². The minimum atomic E-state index is -0.683. The molecule has 0 spiro atoms. The number of hydrazone groups is 1. The van der Waals surface area contributed by atoms with E-state index in [-0.39, 0.29) is 0 Å². The van der Waals surface area contributed by atoms with Gasteiger partial charge in [-0.2, -0.15) is 5.10 Å². The highest BCUT2D eigenvalue weighted by molar-refractivity contribution is 6.11. The summed E-state index contributed by atoms with van der Waals surface area (Å²) in [7, 11) is 1.64. The van der Waals surface area contributed by atoms with Crippen LogP contribution in [0.5, 0.6) is 5.75 Å². The molecule has 0 aliphatic carbocycles. The molecule has 5 heteroatoms. The highest BCUT2D eigenvalue weighted by atomic mass is 16.5. The molecule has 5 nitrogen and oxygen atoms in total. The van der Waals surface area contributed by atoms with Crippen molar-refractivity contribution in [2.75, 3.05) is 7.11 Å². The van der Waals surface area contributed by atoms with Gasteiger partial charge in [-0.3, -0.25) is 0 Å². The highest BCUT2D eigenvalue weighted by Crippen LogP contribution is 2.28. The van der Waals surface area contributed by atoms with Gasteiger partial charge in [-0.05, 0) is 24.4 Å². The summed E-state index contributed by atoms with van der Waals surface area (Å²) in [5.74, 6) is 0.801. The summed E-state index contributed by atoms with van der Waals surface area (Å²) < 4.78 is 5.33. The zero-order valence-electron chi connectivity index (χ0n) is 10.8. The van der Waals surface area contributed by atoms with Gasteiger partial charge in [0.05, 0.1) is 12.8 Å². The van der Waals surface area contributed by atoms with Gasteiger partial charge in [0.1, 0.15) is 5.75 Å². The fraction of sp³-hybridized carbons (Fsp3) is 0.143. The normalized spacial score (nSPS) is 11.4. The van der Waals surface area contributed by atoms with Crippen LogP contribution in [0.2, 0.25) is 0 Å². The van der Waals surface area contributed by atoms with Gasteiger partial charge < -0.3 is 10.5 Å². The van der Waals surface area contributed by atoms with Crippen molar-refractivity contribution < 1.29 is 9.53 Å². The smallest absolute Gasteiger partial charge is 0.332 e. The van der Waals surface area contributed by atoms with Crippen LogP contribution in [0, 0.1) is 0 Å². The van der Waals surface area contributed by atoms with Gasteiger partial charge in [0.15, 0.2) is 0 Å². The molecule has 0 aliphatic rings. The molecule has 0 saturated carbocycles. The second-order valence-electron chi connectivity index (χ2n) is 4.03. The lowest BCUT2D eigenvalue weighted by atomic mass is 10.0. The van der Waals surface area contributed by atoms with Crippen molar-refractivity contribution in [2.45, 2.75) is 6.92 Å². The van der Waals surface area contributed by atoms with E-state index in [1.807, 2.05) is 43.3 Å². The summed E-state index contributed by atoms with van der Waals surface area (Å²) in [6.45, 7) is 1.81. The van der Waals surface area contributed by atoms with Crippen molar-refractivity contribution >= 4 is 22.5 Å². The number of ether oxygens (including phenoxy) is 1. The summed E-state index contributed by atoms with van der Waals surface area (Å²) >= 11 is 0. The molecule has 3 N–H and O–H groups in total. The monoisotopic (exact) mass is 257 g/mol. The van der Waals surface area contributed by atoms with Crippen LogP contribution >= 0.6 is 0 Å². The summed E-state index contributed by atoms with van der Waals surface area (Å²) in [6, 6.07) is 11.0. The number of methoxy groups -OCH3 is 1.